The van der Waals surface area contributed by atoms with Crippen LogP contribution in [-0.2, 0) is 17.4 Å². The van der Waals surface area contributed by atoms with E-state index in [1.807, 2.05) is 37.3 Å². The first-order chi connectivity index (χ1) is 12.1. The maximum Gasteiger partial charge on any atom is 0.416 e. The summed E-state index contributed by atoms with van der Waals surface area (Å²) in [6, 6.07) is 14.2. The molecule has 0 amide bonds. The SMILES string of the molecule is CC(=O)[C@](C)(Cc1ccccc1)/C(C)=N/Nc1ccc(C(F)(F)F)cc1. The number of anilines is 1. The Morgan fingerprint density at radius 1 is 1.00 bits per heavy atom. The van der Waals surface area contributed by atoms with Crippen molar-refractivity contribution >= 4 is 17.2 Å². The van der Waals surface area contributed by atoms with Gasteiger partial charge >= 0.3 is 6.18 Å². The van der Waals surface area contributed by atoms with Crippen LogP contribution in [0.3, 0.4) is 0 Å². The number of hydrazone groups is 1. The van der Waals surface area contributed by atoms with Crippen molar-refractivity contribution in [2.45, 2.75) is 33.4 Å². The first-order valence-corrected chi connectivity index (χ1v) is 8.16. The van der Waals surface area contributed by atoms with E-state index in [1.54, 1.807) is 6.92 Å². The van der Waals surface area contributed by atoms with E-state index in [0.717, 1.165) is 17.7 Å². The zero-order valence-corrected chi connectivity index (χ0v) is 14.9. The van der Waals surface area contributed by atoms with Crippen LogP contribution < -0.4 is 5.43 Å². The number of hydrogen-bond acceptors (Lipinski definition) is 3. The topological polar surface area (TPSA) is 41.5 Å². The van der Waals surface area contributed by atoms with Crippen molar-refractivity contribution in [1.82, 2.24) is 0 Å². The number of nitrogens with one attached hydrogen (secondary N) is 1. The van der Waals surface area contributed by atoms with E-state index in [0.29, 0.717) is 17.8 Å². The van der Waals surface area contributed by atoms with Crippen LogP contribution in [0.15, 0.2) is 59.7 Å². The van der Waals surface area contributed by atoms with Crippen LogP contribution >= 0.6 is 0 Å². The molecule has 2 aromatic rings. The van der Waals surface area contributed by atoms with E-state index in [4.69, 9.17) is 0 Å². The van der Waals surface area contributed by atoms with E-state index in [9.17, 15) is 18.0 Å². The molecule has 0 aliphatic carbocycles. The fraction of sp³-hybridized carbons (Fsp3) is 0.300. The van der Waals surface area contributed by atoms with E-state index in [-0.39, 0.29) is 5.78 Å². The molecule has 0 aliphatic rings. The van der Waals surface area contributed by atoms with Crippen LogP contribution in [0.25, 0.3) is 0 Å². The van der Waals surface area contributed by atoms with E-state index >= 15 is 0 Å². The highest BCUT2D eigenvalue weighted by molar-refractivity contribution is 6.07. The third kappa shape index (κ3) is 4.71. The van der Waals surface area contributed by atoms with Gasteiger partial charge in [-0.05, 0) is 57.0 Å². The van der Waals surface area contributed by atoms with Gasteiger partial charge in [0.1, 0.15) is 5.78 Å². The molecule has 6 heteroatoms. The molecule has 0 aliphatic heterocycles. The molecule has 0 bridgehead atoms. The molecule has 2 rings (SSSR count). The quantitative estimate of drug-likeness (QED) is 0.557. The molecule has 1 atom stereocenters. The minimum absolute atomic E-state index is 0.0307. The Morgan fingerprint density at radius 3 is 2.08 bits per heavy atom. The molecule has 0 saturated carbocycles. The molecule has 0 saturated heterocycles. The molecular formula is C20H21F3N2O. The van der Waals surface area contributed by atoms with Gasteiger partial charge in [0.05, 0.1) is 16.7 Å². The van der Waals surface area contributed by atoms with Gasteiger partial charge in [-0.2, -0.15) is 18.3 Å². The van der Waals surface area contributed by atoms with Crippen molar-refractivity contribution in [3.63, 3.8) is 0 Å². The van der Waals surface area contributed by atoms with Crippen LogP contribution in [0.4, 0.5) is 18.9 Å². The van der Waals surface area contributed by atoms with Gasteiger partial charge in [-0.3, -0.25) is 10.2 Å². The lowest BCUT2D eigenvalue weighted by atomic mass is 9.76. The summed E-state index contributed by atoms with van der Waals surface area (Å²) in [5.41, 5.74) is 3.20. The number of halogens is 3. The lowest BCUT2D eigenvalue weighted by molar-refractivity contribution is -0.137. The van der Waals surface area contributed by atoms with E-state index in [1.165, 1.54) is 19.1 Å². The molecule has 0 radical (unpaired) electrons. The van der Waals surface area contributed by atoms with Crippen LogP contribution in [0, 0.1) is 5.41 Å². The fourth-order valence-corrected chi connectivity index (χ4v) is 2.52. The Balaban J connectivity index is 2.18. The Hall–Kier alpha value is -2.63. The van der Waals surface area contributed by atoms with Crippen molar-refractivity contribution in [2.24, 2.45) is 10.5 Å². The third-order valence-corrected chi connectivity index (χ3v) is 4.54. The molecule has 0 aromatic heterocycles. The number of carbonyl (C=O) groups excluding carboxylic acids is 1. The van der Waals surface area contributed by atoms with Gasteiger partial charge < -0.3 is 0 Å². The molecule has 3 nitrogen and oxygen atoms in total. The van der Waals surface area contributed by atoms with Gasteiger partial charge in [-0.15, -0.1) is 0 Å². The highest BCUT2D eigenvalue weighted by Crippen LogP contribution is 2.30. The zero-order chi connectivity index (χ0) is 19.4. The number of hydrogen-bond donors (Lipinski definition) is 1. The van der Waals surface area contributed by atoms with Crippen molar-refractivity contribution < 1.29 is 18.0 Å². The predicted molar refractivity (Wildman–Crippen MR) is 97.1 cm³/mol. The minimum Gasteiger partial charge on any atom is -0.299 e. The zero-order valence-electron chi connectivity index (χ0n) is 14.9. The minimum atomic E-state index is -4.37. The summed E-state index contributed by atoms with van der Waals surface area (Å²) in [6.07, 6.45) is -3.88. The Kier molecular flexibility index (Phi) is 5.85. The summed E-state index contributed by atoms with van der Waals surface area (Å²) in [5.74, 6) is -0.0307. The van der Waals surface area contributed by atoms with Crippen molar-refractivity contribution in [3.8, 4) is 0 Å². The standard InChI is InChI=1S/C20H21F3N2O/c1-14(19(3,15(2)26)13-16-7-5-4-6-8-16)24-25-18-11-9-17(10-12-18)20(21,22)23/h4-12,25H,13H2,1-3H3/b24-14+/t19-/m1/s1. The first kappa shape index (κ1) is 19.7. The molecule has 0 unspecified atom stereocenters. The van der Waals surface area contributed by atoms with Gasteiger partial charge in [-0.1, -0.05) is 30.3 Å². The van der Waals surface area contributed by atoms with Crippen molar-refractivity contribution in [2.75, 3.05) is 5.43 Å². The highest BCUT2D eigenvalue weighted by Gasteiger charge is 2.34. The largest absolute Gasteiger partial charge is 0.416 e. The average Bonchev–Trinajstić information content (AvgIpc) is 2.59. The van der Waals surface area contributed by atoms with Crippen LogP contribution in [0.2, 0.25) is 0 Å². The second-order valence-corrected chi connectivity index (χ2v) is 6.43. The Bertz CT molecular complexity index is 783. The number of benzene rings is 2. The van der Waals surface area contributed by atoms with Crippen LogP contribution in [-0.4, -0.2) is 11.5 Å². The number of Topliss-reactive ketones (excluding diaryl/α,β-unsaturated/α-hetero) is 1. The first-order valence-electron chi connectivity index (χ1n) is 8.16. The average molecular weight is 362 g/mol. The maximum atomic E-state index is 12.6. The van der Waals surface area contributed by atoms with Gasteiger partial charge in [0.2, 0.25) is 0 Å². The van der Waals surface area contributed by atoms with Gasteiger partial charge in [-0.25, -0.2) is 0 Å². The highest BCUT2D eigenvalue weighted by atomic mass is 19.4. The monoisotopic (exact) mass is 362 g/mol. The number of nitrogens with zero attached hydrogens (tertiary/aromatic N) is 1. The molecule has 26 heavy (non-hydrogen) atoms. The molecule has 2 aromatic carbocycles. The number of rotatable bonds is 6. The van der Waals surface area contributed by atoms with Crippen molar-refractivity contribution in [3.05, 3.63) is 65.7 Å². The molecule has 0 fully saturated rings. The smallest absolute Gasteiger partial charge is 0.299 e. The number of carbonyl (C=O) groups is 1. The summed E-state index contributed by atoms with van der Waals surface area (Å²) < 4.78 is 37.8. The molecule has 0 heterocycles. The summed E-state index contributed by atoms with van der Waals surface area (Å²) in [5, 5.41) is 4.24. The second kappa shape index (κ2) is 7.72. The Labute approximate surface area is 150 Å². The molecular weight excluding hydrogens is 341 g/mol. The third-order valence-electron chi connectivity index (χ3n) is 4.54. The summed E-state index contributed by atoms with van der Waals surface area (Å²) in [4.78, 5) is 12.2. The molecule has 0 spiro atoms. The lowest BCUT2D eigenvalue weighted by Crippen LogP contribution is -2.36. The maximum absolute atomic E-state index is 12.6. The second-order valence-electron chi connectivity index (χ2n) is 6.43. The molecule has 138 valence electrons. The van der Waals surface area contributed by atoms with Gasteiger partial charge in [0.15, 0.2) is 0 Å². The molecule has 1 N–H and O–H groups in total. The van der Waals surface area contributed by atoms with Gasteiger partial charge in [0, 0.05) is 5.71 Å². The van der Waals surface area contributed by atoms with Gasteiger partial charge in [0.25, 0.3) is 0 Å². The summed E-state index contributed by atoms with van der Waals surface area (Å²) in [7, 11) is 0. The Morgan fingerprint density at radius 2 is 1.58 bits per heavy atom. The van der Waals surface area contributed by atoms with Crippen LogP contribution in [0.1, 0.15) is 31.9 Å². The normalized spacial score (nSPS) is 14.6. The summed E-state index contributed by atoms with van der Waals surface area (Å²) in [6.45, 7) is 5.07. The van der Waals surface area contributed by atoms with Crippen molar-refractivity contribution in [1.29, 1.82) is 0 Å². The van der Waals surface area contributed by atoms with E-state index < -0.39 is 17.2 Å². The predicted octanol–water partition coefficient (Wildman–Crippen LogP) is 5.33. The fourth-order valence-electron chi connectivity index (χ4n) is 2.52. The van der Waals surface area contributed by atoms with Crippen LogP contribution in [0.5, 0.6) is 0 Å². The van der Waals surface area contributed by atoms with E-state index in [2.05, 4.69) is 10.5 Å². The lowest BCUT2D eigenvalue weighted by Gasteiger charge is -2.27. The number of alkyl halides is 3. The number of ketones is 1. The summed E-state index contributed by atoms with van der Waals surface area (Å²) >= 11 is 0.